The van der Waals surface area contributed by atoms with Gasteiger partial charge in [-0.05, 0) is 19.8 Å². The van der Waals surface area contributed by atoms with Crippen LogP contribution < -0.4 is 5.73 Å². The Kier molecular flexibility index (Phi) is 4.16. The second kappa shape index (κ2) is 4.94. The van der Waals surface area contributed by atoms with Crippen molar-refractivity contribution in [1.29, 1.82) is 0 Å². The van der Waals surface area contributed by atoms with Crippen molar-refractivity contribution in [2.24, 2.45) is 11.7 Å². The van der Waals surface area contributed by atoms with Gasteiger partial charge < -0.3 is 10.5 Å². The van der Waals surface area contributed by atoms with E-state index in [0.717, 1.165) is 26.2 Å². The van der Waals surface area contributed by atoms with E-state index in [2.05, 4.69) is 25.7 Å². The van der Waals surface area contributed by atoms with Gasteiger partial charge in [-0.15, -0.1) is 0 Å². The normalized spacial score (nSPS) is 30.0. The molecule has 3 unspecified atom stereocenters. The van der Waals surface area contributed by atoms with Crippen molar-refractivity contribution < 1.29 is 4.74 Å². The molecule has 3 nitrogen and oxygen atoms in total. The summed E-state index contributed by atoms with van der Waals surface area (Å²) in [6.07, 6.45) is 0.383. The molecule has 78 valence electrons. The van der Waals surface area contributed by atoms with E-state index < -0.39 is 0 Å². The van der Waals surface area contributed by atoms with Crippen molar-refractivity contribution in [3.8, 4) is 0 Å². The molecule has 2 N–H and O–H groups in total. The van der Waals surface area contributed by atoms with Crippen LogP contribution >= 0.6 is 0 Å². The highest BCUT2D eigenvalue weighted by Crippen LogP contribution is 2.09. The van der Waals surface area contributed by atoms with Crippen LogP contribution in [0.1, 0.15) is 20.8 Å². The van der Waals surface area contributed by atoms with Crippen LogP contribution in [-0.2, 0) is 4.74 Å². The van der Waals surface area contributed by atoms with Gasteiger partial charge in [0.15, 0.2) is 0 Å². The van der Waals surface area contributed by atoms with Gasteiger partial charge in [0, 0.05) is 25.7 Å². The third-order valence-electron chi connectivity index (χ3n) is 2.77. The molecular weight excluding hydrogens is 164 g/mol. The molecule has 1 heterocycles. The molecule has 1 fully saturated rings. The molecule has 0 aromatic rings. The molecule has 0 aliphatic carbocycles. The maximum Gasteiger partial charge on any atom is 0.0674 e. The molecule has 1 saturated heterocycles. The molecule has 3 atom stereocenters. The Morgan fingerprint density at radius 3 is 2.77 bits per heavy atom. The van der Waals surface area contributed by atoms with E-state index in [-0.39, 0.29) is 6.04 Å². The van der Waals surface area contributed by atoms with E-state index in [0.29, 0.717) is 12.0 Å². The van der Waals surface area contributed by atoms with Crippen molar-refractivity contribution >= 4 is 0 Å². The number of nitrogens with zero attached hydrogens (tertiary/aromatic N) is 1. The van der Waals surface area contributed by atoms with Crippen LogP contribution in [0.15, 0.2) is 0 Å². The summed E-state index contributed by atoms with van der Waals surface area (Å²) in [4.78, 5) is 2.45. The van der Waals surface area contributed by atoms with Crippen LogP contribution in [0.5, 0.6) is 0 Å². The van der Waals surface area contributed by atoms with Crippen LogP contribution in [0.2, 0.25) is 0 Å². The zero-order valence-corrected chi connectivity index (χ0v) is 8.99. The van der Waals surface area contributed by atoms with Gasteiger partial charge in [0.1, 0.15) is 0 Å². The Balaban J connectivity index is 2.27. The van der Waals surface area contributed by atoms with Crippen LogP contribution in [0, 0.1) is 5.92 Å². The monoisotopic (exact) mass is 186 g/mol. The predicted octanol–water partition coefficient (Wildman–Crippen LogP) is 0.690. The summed E-state index contributed by atoms with van der Waals surface area (Å²) in [6, 6.07) is 0.290. The Morgan fingerprint density at radius 2 is 2.23 bits per heavy atom. The molecule has 0 spiro atoms. The summed E-state index contributed by atoms with van der Waals surface area (Å²) in [5.41, 5.74) is 5.83. The Morgan fingerprint density at radius 1 is 1.54 bits per heavy atom. The van der Waals surface area contributed by atoms with Crippen LogP contribution in [-0.4, -0.2) is 43.3 Å². The van der Waals surface area contributed by atoms with Gasteiger partial charge in [-0.25, -0.2) is 0 Å². The van der Waals surface area contributed by atoms with E-state index in [1.807, 2.05) is 0 Å². The molecular formula is C10H22N2O. The van der Waals surface area contributed by atoms with Crippen molar-refractivity contribution in [2.75, 3.05) is 26.2 Å². The highest BCUT2D eigenvalue weighted by Gasteiger charge is 2.19. The summed E-state index contributed by atoms with van der Waals surface area (Å²) in [5.74, 6) is 0.574. The van der Waals surface area contributed by atoms with Crippen molar-refractivity contribution in [3.05, 3.63) is 0 Å². The molecule has 13 heavy (non-hydrogen) atoms. The van der Waals surface area contributed by atoms with Crippen LogP contribution in [0.3, 0.4) is 0 Å². The van der Waals surface area contributed by atoms with Gasteiger partial charge in [-0.3, -0.25) is 4.90 Å². The highest BCUT2D eigenvalue weighted by atomic mass is 16.5. The smallest absolute Gasteiger partial charge is 0.0674 e. The summed E-state index contributed by atoms with van der Waals surface area (Å²) in [5, 5.41) is 0. The predicted molar refractivity (Wildman–Crippen MR) is 54.7 cm³/mol. The SMILES string of the molecule is CC1CN(CC(C)C(C)N)CCO1. The van der Waals surface area contributed by atoms with Crippen molar-refractivity contribution in [3.63, 3.8) is 0 Å². The maximum absolute atomic E-state index is 5.83. The van der Waals surface area contributed by atoms with E-state index in [1.165, 1.54) is 0 Å². The molecule has 0 saturated carbocycles. The Labute approximate surface area is 81.2 Å². The first-order valence-corrected chi connectivity index (χ1v) is 5.19. The largest absolute Gasteiger partial charge is 0.376 e. The second-order valence-electron chi connectivity index (χ2n) is 4.28. The third-order valence-corrected chi connectivity index (χ3v) is 2.77. The Hall–Kier alpha value is -0.120. The minimum atomic E-state index is 0.290. The summed E-state index contributed by atoms with van der Waals surface area (Å²) >= 11 is 0. The van der Waals surface area contributed by atoms with Gasteiger partial charge in [-0.2, -0.15) is 0 Å². The lowest BCUT2D eigenvalue weighted by Crippen LogP contribution is -2.45. The number of nitrogens with two attached hydrogens (primary N) is 1. The minimum Gasteiger partial charge on any atom is -0.376 e. The third kappa shape index (κ3) is 3.63. The maximum atomic E-state index is 5.83. The molecule has 0 bridgehead atoms. The molecule has 3 heteroatoms. The van der Waals surface area contributed by atoms with Gasteiger partial charge in [0.25, 0.3) is 0 Å². The topological polar surface area (TPSA) is 38.5 Å². The number of morpholine rings is 1. The van der Waals surface area contributed by atoms with Crippen LogP contribution in [0.4, 0.5) is 0 Å². The van der Waals surface area contributed by atoms with E-state index >= 15 is 0 Å². The lowest BCUT2D eigenvalue weighted by Gasteiger charge is -2.33. The summed E-state index contributed by atoms with van der Waals surface area (Å²) in [6.45, 7) is 10.5. The number of hydrogen-bond donors (Lipinski definition) is 1. The fourth-order valence-electron chi connectivity index (χ4n) is 1.63. The molecule has 0 amide bonds. The fraction of sp³-hybridized carbons (Fsp3) is 1.00. The quantitative estimate of drug-likeness (QED) is 0.705. The van der Waals surface area contributed by atoms with E-state index in [4.69, 9.17) is 10.5 Å². The zero-order chi connectivity index (χ0) is 9.84. The number of ether oxygens (including phenoxy) is 1. The lowest BCUT2D eigenvalue weighted by molar-refractivity contribution is -0.0231. The van der Waals surface area contributed by atoms with Gasteiger partial charge >= 0.3 is 0 Å². The van der Waals surface area contributed by atoms with E-state index in [9.17, 15) is 0 Å². The van der Waals surface area contributed by atoms with Gasteiger partial charge in [0.05, 0.1) is 12.7 Å². The standard InChI is InChI=1S/C10H22N2O/c1-8(10(3)11)6-12-4-5-13-9(2)7-12/h8-10H,4-7,11H2,1-3H3. The average Bonchev–Trinajstić information content (AvgIpc) is 2.04. The lowest BCUT2D eigenvalue weighted by atomic mass is 10.0. The van der Waals surface area contributed by atoms with Gasteiger partial charge in [0.2, 0.25) is 0 Å². The Bertz CT molecular complexity index is 150. The molecule has 0 radical (unpaired) electrons. The first kappa shape index (κ1) is 11.0. The first-order valence-electron chi connectivity index (χ1n) is 5.19. The molecule has 0 aromatic carbocycles. The highest BCUT2D eigenvalue weighted by molar-refractivity contribution is 4.73. The average molecular weight is 186 g/mol. The molecule has 1 rings (SSSR count). The zero-order valence-electron chi connectivity index (χ0n) is 8.99. The second-order valence-corrected chi connectivity index (χ2v) is 4.28. The first-order chi connectivity index (χ1) is 6.09. The van der Waals surface area contributed by atoms with Crippen molar-refractivity contribution in [1.82, 2.24) is 4.90 Å². The van der Waals surface area contributed by atoms with Crippen LogP contribution in [0.25, 0.3) is 0 Å². The minimum absolute atomic E-state index is 0.290. The number of hydrogen-bond acceptors (Lipinski definition) is 3. The molecule has 0 aromatic heterocycles. The van der Waals surface area contributed by atoms with E-state index in [1.54, 1.807) is 0 Å². The van der Waals surface area contributed by atoms with Gasteiger partial charge in [-0.1, -0.05) is 6.92 Å². The number of rotatable bonds is 3. The molecule has 1 aliphatic rings. The fourth-order valence-corrected chi connectivity index (χ4v) is 1.63. The van der Waals surface area contributed by atoms with Crippen molar-refractivity contribution in [2.45, 2.75) is 32.9 Å². The molecule has 1 aliphatic heterocycles. The summed E-state index contributed by atoms with van der Waals surface area (Å²) in [7, 11) is 0. The summed E-state index contributed by atoms with van der Waals surface area (Å²) < 4.78 is 5.48.